The number of ether oxygens (including phenoxy) is 1. The molecule has 7 heteroatoms. The van der Waals surface area contributed by atoms with Gasteiger partial charge in [-0.2, -0.15) is 9.97 Å². The lowest BCUT2D eigenvalue weighted by Gasteiger charge is -2.18. The van der Waals surface area contributed by atoms with Crippen molar-refractivity contribution in [3.63, 3.8) is 0 Å². The summed E-state index contributed by atoms with van der Waals surface area (Å²) in [5.41, 5.74) is 5.51. The number of hydrogen-bond acceptors (Lipinski definition) is 6. The summed E-state index contributed by atoms with van der Waals surface area (Å²) < 4.78 is 4.96. The Kier molecular flexibility index (Phi) is 4.08. The van der Waals surface area contributed by atoms with Crippen LogP contribution in [0.3, 0.4) is 0 Å². The van der Waals surface area contributed by atoms with Crippen molar-refractivity contribution in [2.45, 2.75) is 13.0 Å². The van der Waals surface area contributed by atoms with Crippen molar-refractivity contribution in [1.82, 2.24) is 14.9 Å². The highest BCUT2D eigenvalue weighted by Crippen LogP contribution is 2.14. The molecule has 0 aromatic carbocycles. The number of anilines is 2. The molecule has 0 aliphatic rings. The highest BCUT2D eigenvalue weighted by Gasteiger charge is 2.15. The van der Waals surface area contributed by atoms with Crippen LogP contribution in [-0.2, 0) is 4.79 Å². The summed E-state index contributed by atoms with van der Waals surface area (Å²) in [5.74, 6) is 0.846. The van der Waals surface area contributed by atoms with Crippen LogP contribution in [0.15, 0.2) is 6.07 Å². The first kappa shape index (κ1) is 13.0. The Bertz CT molecular complexity index is 408. The first-order chi connectivity index (χ1) is 7.93. The van der Waals surface area contributed by atoms with Crippen molar-refractivity contribution in [1.29, 1.82) is 0 Å². The number of nitrogen functional groups attached to an aromatic ring is 1. The molecule has 0 spiro atoms. The molecule has 1 atom stereocenters. The SMILES string of the molecule is COc1cc(NC(C)C(=O)N(C)C)nc(N)n1. The molecule has 17 heavy (non-hydrogen) atoms. The van der Waals surface area contributed by atoms with Crippen molar-refractivity contribution >= 4 is 17.7 Å². The smallest absolute Gasteiger partial charge is 0.244 e. The topological polar surface area (TPSA) is 93.4 Å². The number of likely N-dealkylation sites (N-methyl/N-ethyl adjacent to an activating group) is 1. The number of methoxy groups -OCH3 is 1. The molecule has 94 valence electrons. The maximum absolute atomic E-state index is 11.6. The molecule has 3 N–H and O–H groups in total. The monoisotopic (exact) mass is 239 g/mol. The lowest BCUT2D eigenvalue weighted by Crippen LogP contribution is -2.36. The molecular weight excluding hydrogens is 222 g/mol. The molecule has 1 aromatic heterocycles. The summed E-state index contributed by atoms with van der Waals surface area (Å²) in [6.45, 7) is 1.74. The van der Waals surface area contributed by atoms with E-state index in [1.165, 1.54) is 12.0 Å². The molecule has 7 nitrogen and oxygen atoms in total. The van der Waals surface area contributed by atoms with E-state index in [0.717, 1.165) is 0 Å². The Labute approximate surface area is 100.0 Å². The van der Waals surface area contributed by atoms with Crippen LogP contribution in [0, 0.1) is 0 Å². The van der Waals surface area contributed by atoms with E-state index in [4.69, 9.17) is 10.5 Å². The third-order valence-corrected chi connectivity index (χ3v) is 2.10. The number of hydrogen-bond donors (Lipinski definition) is 2. The van der Waals surface area contributed by atoms with Gasteiger partial charge in [0.1, 0.15) is 11.9 Å². The highest BCUT2D eigenvalue weighted by atomic mass is 16.5. The number of nitrogens with zero attached hydrogens (tertiary/aromatic N) is 3. The first-order valence-corrected chi connectivity index (χ1v) is 5.10. The third-order valence-electron chi connectivity index (χ3n) is 2.10. The molecule has 1 amide bonds. The molecule has 0 aliphatic carbocycles. The molecule has 1 heterocycles. The quantitative estimate of drug-likeness (QED) is 0.765. The van der Waals surface area contributed by atoms with E-state index in [9.17, 15) is 4.79 Å². The van der Waals surface area contributed by atoms with Gasteiger partial charge < -0.3 is 20.7 Å². The maximum Gasteiger partial charge on any atom is 0.244 e. The Morgan fingerprint density at radius 3 is 2.71 bits per heavy atom. The first-order valence-electron chi connectivity index (χ1n) is 5.10. The molecule has 0 saturated heterocycles. The van der Waals surface area contributed by atoms with E-state index in [0.29, 0.717) is 11.7 Å². The van der Waals surface area contributed by atoms with Gasteiger partial charge >= 0.3 is 0 Å². The number of nitrogens with one attached hydrogen (secondary N) is 1. The van der Waals surface area contributed by atoms with Gasteiger partial charge in [0.15, 0.2) is 0 Å². The highest BCUT2D eigenvalue weighted by molar-refractivity contribution is 5.83. The second-order valence-corrected chi connectivity index (χ2v) is 3.75. The number of aromatic nitrogens is 2. The van der Waals surface area contributed by atoms with E-state index >= 15 is 0 Å². The minimum absolute atomic E-state index is 0.0545. The van der Waals surface area contributed by atoms with Gasteiger partial charge in [-0.05, 0) is 6.92 Å². The van der Waals surface area contributed by atoms with Gasteiger partial charge in [-0.1, -0.05) is 0 Å². The van der Waals surface area contributed by atoms with E-state index < -0.39 is 6.04 Å². The molecule has 0 fully saturated rings. The van der Waals surface area contributed by atoms with Gasteiger partial charge in [-0.25, -0.2) is 0 Å². The van der Waals surface area contributed by atoms with Crippen molar-refractivity contribution in [3.8, 4) is 5.88 Å². The van der Waals surface area contributed by atoms with Crippen molar-refractivity contribution in [3.05, 3.63) is 6.07 Å². The third kappa shape index (κ3) is 3.47. The molecule has 0 radical (unpaired) electrons. The molecule has 0 saturated carbocycles. The van der Waals surface area contributed by atoms with Gasteiger partial charge in [0.05, 0.1) is 7.11 Å². The molecule has 1 rings (SSSR count). The Morgan fingerprint density at radius 1 is 1.53 bits per heavy atom. The van der Waals surface area contributed by atoms with Crippen LogP contribution in [0.25, 0.3) is 0 Å². The summed E-state index contributed by atoms with van der Waals surface area (Å²) >= 11 is 0. The van der Waals surface area contributed by atoms with Crippen molar-refractivity contribution in [2.75, 3.05) is 32.3 Å². The summed E-state index contributed by atoms with van der Waals surface area (Å²) in [7, 11) is 4.87. The predicted molar refractivity (Wildman–Crippen MR) is 64.8 cm³/mol. The summed E-state index contributed by atoms with van der Waals surface area (Å²) in [6.07, 6.45) is 0. The normalized spacial score (nSPS) is 11.8. The van der Waals surface area contributed by atoms with Crippen LogP contribution in [0.5, 0.6) is 5.88 Å². The number of nitrogens with two attached hydrogens (primary N) is 1. The summed E-state index contributed by atoms with van der Waals surface area (Å²) in [6, 6.07) is 1.18. The standard InChI is InChI=1S/C10H17N5O2/c1-6(9(16)15(2)3)12-7-5-8(17-4)14-10(11)13-7/h5-6H,1-4H3,(H3,11,12,13,14). The molecule has 1 unspecified atom stereocenters. The molecule has 0 aliphatic heterocycles. The zero-order valence-electron chi connectivity index (χ0n) is 10.4. The number of amides is 1. The van der Waals surface area contributed by atoms with Gasteiger partial charge in [0, 0.05) is 20.2 Å². The fourth-order valence-electron chi connectivity index (χ4n) is 1.29. The lowest BCUT2D eigenvalue weighted by atomic mass is 10.3. The average Bonchev–Trinajstić information content (AvgIpc) is 2.26. The van der Waals surface area contributed by atoms with Gasteiger partial charge in [0.2, 0.25) is 17.7 Å². The number of carbonyl (C=O) groups is 1. The van der Waals surface area contributed by atoms with E-state index in [-0.39, 0.29) is 11.9 Å². The second-order valence-electron chi connectivity index (χ2n) is 3.75. The van der Waals surface area contributed by atoms with E-state index in [2.05, 4.69) is 15.3 Å². The fourth-order valence-corrected chi connectivity index (χ4v) is 1.29. The van der Waals surface area contributed by atoms with Crippen LogP contribution in [0.4, 0.5) is 11.8 Å². The predicted octanol–water partition coefficient (Wildman–Crippen LogP) is -0.0440. The van der Waals surface area contributed by atoms with Crippen LogP contribution < -0.4 is 15.8 Å². The molecule has 0 bridgehead atoms. The minimum atomic E-state index is -0.399. The Balaban J connectivity index is 2.81. The summed E-state index contributed by atoms with van der Waals surface area (Å²) in [5, 5.41) is 2.94. The van der Waals surface area contributed by atoms with Crippen LogP contribution in [-0.4, -0.2) is 48.0 Å². The van der Waals surface area contributed by atoms with Gasteiger partial charge in [0.25, 0.3) is 0 Å². The Hall–Kier alpha value is -2.05. The Morgan fingerprint density at radius 2 is 2.18 bits per heavy atom. The second kappa shape index (κ2) is 5.33. The van der Waals surface area contributed by atoms with Crippen molar-refractivity contribution in [2.24, 2.45) is 0 Å². The zero-order valence-corrected chi connectivity index (χ0v) is 10.4. The number of rotatable bonds is 4. The van der Waals surface area contributed by atoms with Gasteiger partial charge in [-0.15, -0.1) is 0 Å². The van der Waals surface area contributed by atoms with Crippen LogP contribution in [0.1, 0.15) is 6.92 Å². The number of carbonyl (C=O) groups excluding carboxylic acids is 1. The van der Waals surface area contributed by atoms with Crippen LogP contribution in [0.2, 0.25) is 0 Å². The van der Waals surface area contributed by atoms with Gasteiger partial charge in [-0.3, -0.25) is 4.79 Å². The van der Waals surface area contributed by atoms with E-state index in [1.54, 1.807) is 27.1 Å². The summed E-state index contributed by atoms with van der Waals surface area (Å²) in [4.78, 5) is 21.0. The minimum Gasteiger partial charge on any atom is -0.481 e. The van der Waals surface area contributed by atoms with E-state index in [1.807, 2.05) is 0 Å². The lowest BCUT2D eigenvalue weighted by molar-refractivity contribution is -0.129. The molecular formula is C10H17N5O2. The largest absolute Gasteiger partial charge is 0.481 e. The zero-order chi connectivity index (χ0) is 13.0. The average molecular weight is 239 g/mol. The van der Waals surface area contributed by atoms with Crippen molar-refractivity contribution < 1.29 is 9.53 Å². The fraction of sp³-hybridized carbons (Fsp3) is 0.500. The molecule has 1 aromatic rings. The van der Waals surface area contributed by atoms with Crippen LogP contribution >= 0.6 is 0 Å². The maximum atomic E-state index is 11.6.